The van der Waals surface area contributed by atoms with Crippen LogP contribution in [0, 0.1) is 0 Å². The zero-order valence-electron chi connectivity index (χ0n) is 16.6. The summed E-state index contributed by atoms with van der Waals surface area (Å²) in [5.74, 6) is 1.13. The molecule has 1 aliphatic rings. The Hall–Kier alpha value is -2.89. The molecule has 146 valence electrons. The van der Waals surface area contributed by atoms with Gasteiger partial charge in [-0.2, -0.15) is 0 Å². The number of hydrogen-bond acceptors (Lipinski definition) is 4. The van der Waals surface area contributed by atoms with Crippen molar-refractivity contribution in [3.63, 3.8) is 0 Å². The van der Waals surface area contributed by atoms with E-state index in [2.05, 4.69) is 22.1 Å². The van der Waals surface area contributed by atoms with Gasteiger partial charge in [0.1, 0.15) is 11.4 Å². The molecule has 3 aromatic rings. The van der Waals surface area contributed by atoms with E-state index in [-0.39, 0.29) is 12.0 Å². The van der Waals surface area contributed by atoms with Gasteiger partial charge in [-0.1, -0.05) is 6.07 Å². The van der Waals surface area contributed by atoms with Crippen LogP contribution in [0.25, 0.3) is 22.2 Å². The molecular weight excluding hydrogens is 352 g/mol. The monoisotopic (exact) mass is 378 g/mol. The molecule has 6 nitrogen and oxygen atoms in total. The van der Waals surface area contributed by atoms with Gasteiger partial charge in [-0.15, -0.1) is 0 Å². The molecule has 1 N–H and O–H groups in total. The second-order valence-corrected chi connectivity index (χ2v) is 8.36. The maximum Gasteiger partial charge on any atom is 0.410 e. The molecule has 0 radical (unpaired) electrons. The molecule has 0 aliphatic carbocycles. The fourth-order valence-electron chi connectivity index (χ4n) is 3.64. The number of ether oxygens (including phenoxy) is 1. The average molecular weight is 378 g/mol. The average Bonchev–Trinajstić information content (AvgIpc) is 3.11. The van der Waals surface area contributed by atoms with Crippen LogP contribution < -0.4 is 0 Å². The van der Waals surface area contributed by atoms with Crippen molar-refractivity contribution in [1.29, 1.82) is 0 Å². The van der Waals surface area contributed by atoms with Crippen LogP contribution in [0.15, 0.2) is 42.7 Å². The summed E-state index contributed by atoms with van der Waals surface area (Å²) in [6.45, 7) is 7.05. The highest BCUT2D eigenvalue weighted by Crippen LogP contribution is 2.29. The van der Waals surface area contributed by atoms with Crippen LogP contribution in [0.4, 0.5) is 4.79 Å². The minimum atomic E-state index is -0.479. The Kier molecular flexibility index (Phi) is 4.79. The van der Waals surface area contributed by atoms with Crippen LogP contribution in [0.5, 0.6) is 0 Å². The number of nitrogens with one attached hydrogen (secondary N) is 1. The summed E-state index contributed by atoms with van der Waals surface area (Å²) >= 11 is 0. The van der Waals surface area contributed by atoms with Crippen molar-refractivity contribution in [3.8, 4) is 11.1 Å². The van der Waals surface area contributed by atoms with Crippen LogP contribution in [-0.4, -0.2) is 44.6 Å². The SMILES string of the molecule is CC(C)(C)OC(=O)N1CCCC(c2nc3ccc(-c4ccncc4)cc3[nH]2)C1. The lowest BCUT2D eigenvalue weighted by Crippen LogP contribution is -2.42. The molecule has 4 rings (SSSR count). The van der Waals surface area contributed by atoms with Crippen molar-refractivity contribution < 1.29 is 9.53 Å². The molecule has 1 atom stereocenters. The van der Waals surface area contributed by atoms with Gasteiger partial charge in [-0.25, -0.2) is 9.78 Å². The Bertz CT molecular complexity index is 975. The number of aromatic nitrogens is 3. The number of likely N-dealkylation sites (tertiary alicyclic amines) is 1. The highest BCUT2D eigenvalue weighted by atomic mass is 16.6. The zero-order chi connectivity index (χ0) is 19.7. The molecule has 1 fully saturated rings. The molecule has 3 heterocycles. The summed E-state index contributed by atoms with van der Waals surface area (Å²) in [4.78, 5) is 26.6. The topological polar surface area (TPSA) is 71.1 Å². The van der Waals surface area contributed by atoms with Gasteiger partial charge in [-0.3, -0.25) is 4.98 Å². The number of aromatic amines is 1. The molecular formula is C22H26N4O2. The number of imidazole rings is 1. The number of pyridine rings is 1. The van der Waals surface area contributed by atoms with E-state index in [1.807, 2.05) is 39.0 Å². The van der Waals surface area contributed by atoms with Crippen molar-refractivity contribution >= 4 is 17.1 Å². The predicted octanol–water partition coefficient (Wildman–Crippen LogP) is 4.74. The Labute approximate surface area is 164 Å². The number of piperidine rings is 1. The molecule has 1 saturated heterocycles. The van der Waals surface area contributed by atoms with Gasteiger partial charge in [0.25, 0.3) is 0 Å². The Morgan fingerprint density at radius 3 is 2.71 bits per heavy atom. The van der Waals surface area contributed by atoms with Gasteiger partial charge in [0.2, 0.25) is 0 Å². The first kappa shape index (κ1) is 18.5. The zero-order valence-corrected chi connectivity index (χ0v) is 16.6. The largest absolute Gasteiger partial charge is 0.444 e. The van der Waals surface area contributed by atoms with Gasteiger partial charge in [0.15, 0.2) is 0 Å². The summed E-state index contributed by atoms with van der Waals surface area (Å²) in [6.07, 6.45) is 5.31. The molecule has 1 aliphatic heterocycles. The van der Waals surface area contributed by atoms with E-state index < -0.39 is 5.60 Å². The van der Waals surface area contributed by atoms with Gasteiger partial charge in [0.05, 0.1) is 11.0 Å². The Balaban J connectivity index is 1.54. The minimum absolute atomic E-state index is 0.193. The summed E-state index contributed by atoms with van der Waals surface area (Å²) < 4.78 is 5.54. The Morgan fingerprint density at radius 1 is 1.18 bits per heavy atom. The first-order valence-corrected chi connectivity index (χ1v) is 9.77. The first-order valence-electron chi connectivity index (χ1n) is 9.77. The van der Waals surface area contributed by atoms with E-state index in [1.165, 1.54) is 0 Å². The van der Waals surface area contributed by atoms with Crippen LogP contribution in [0.1, 0.15) is 45.4 Å². The number of carbonyl (C=O) groups excluding carboxylic acids is 1. The van der Waals surface area contributed by atoms with Gasteiger partial charge < -0.3 is 14.6 Å². The van der Waals surface area contributed by atoms with Gasteiger partial charge in [0, 0.05) is 31.4 Å². The molecule has 1 aromatic carbocycles. The lowest BCUT2D eigenvalue weighted by atomic mass is 9.98. The van der Waals surface area contributed by atoms with Crippen LogP contribution in [0.3, 0.4) is 0 Å². The standard InChI is InChI=1S/C22H26N4O2/c1-22(2,3)28-21(27)26-12-4-5-17(14-26)20-24-18-7-6-16(13-19(18)25-20)15-8-10-23-11-9-15/h6-11,13,17H,4-5,12,14H2,1-3H3,(H,24,25). The number of amides is 1. The Morgan fingerprint density at radius 2 is 1.96 bits per heavy atom. The van der Waals surface area contributed by atoms with Crippen LogP contribution in [0.2, 0.25) is 0 Å². The number of fused-ring (bicyclic) bond motifs is 1. The maximum atomic E-state index is 12.4. The van der Waals surface area contributed by atoms with Crippen molar-refractivity contribution in [2.45, 2.75) is 45.1 Å². The second-order valence-electron chi connectivity index (χ2n) is 8.36. The molecule has 0 saturated carbocycles. The van der Waals surface area contributed by atoms with Gasteiger partial charge in [-0.05, 0) is 69.0 Å². The molecule has 0 spiro atoms. The van der Waals surface area contributed by atoms with Crippen molar-refractivity contribution in [1.82, 2.24) is 19.9 Å². The van der Waals surface area contributed by atoms with Crippen molar-refractivity contribution in [3.05, 3.63) is 48.5 Å². The molecule has 6 heteroatoms. The molecule has 0 bridgehead atoms. The number of nitrogens with zero attached hydrogens (tertiary/aromatic N) is 3. The van der Waals surface area contributed by atoms with Gasteiger partial charge >= 0.3 is 6.09 Å². The lowest BCUT2D eigenvalue weighted by Gasteiger charge is -2.33. The third-order valence-corrected chi connectivity index (χ3v) is 4.97. The molecule has 2 aromatic heterocycles. The van der Waals surface area contributed by atoms with Crippen molar-refractivity contribution in [2.75, 3.05) is 13.1 Å². The second kappa shape index (κ2) is 7.26. The molecule has 1 unspecified atom stereocenters. The van der Waals surface area contributed by atoms with E-state index in [0.717, 1.165) is 47.4 Å². The summed E-state index contributed by atoms with van der Waals surface area (Å²) in [5, 5.41) is 0. The summed E-state index contributed by atoms with van der Waals surface area (Å²) in [5.41, 5.74) is 3.74. The maximum absolute atomic E-state index is 12.4. The fourth-order valence-corrected chi connectivity index (χ4v) is 3.64. The van der Waals surface area contributed by atoms with E-state index in [9.17, 15) is 4.79 Å². The van der Waals surface area contributed by atoms with E-state index in [1.54, 1.807) is 17.3 Å². The van der Waals surface area contributed by atoms with Crippen molar-refractivity contribution in [2.24, 2.45) is 0 Å². The quantitative estimate of drug-likeness (QED) is 0.699. The number of carbonyl (C=O) groups is 1. The molecule has 1 amide bonds. The lowest BCUT2D eigenvalue weighted by molar-refractivity contribution is 0.0196. The third-order valence-electron chi connectivity index (χ3n) is 4.97. The number of hydrogen-bond donors (Lipinski definition) is 1. The number of benzene rings is 1. The highest BCUT2D eigenvalue weighted by molar-refractivity contribution is 5.82. The summed E-state index contributed by atoms with van der Waals surface area (Å²) in [6, 6.07) is 10.2. The van der Waals surface area contributed by atoms with E-state index in [4.69, 9.17) is 9.72 Å². The van der Waals surface area contributed by atoms with E-state index in [0.29, 0.717) is 6.54 Å². The normalized spacial score (nSPS) is 17.7. The first-order chi connectivity index (χ1) is 13.4. The van der Waals surface area contributed by atoms with Crippen LogP contribution in [-0.2, 0) is 4.74 Å². The predicted molar refractivity (Wildman–Crippen MR) is 109 cm³/mol. The highest BCUT2D eigenvalue weighted by Gasteiger charge is 2.29. The number of H-pyrrole nitrogens is 1. The third kappa shape index (κ3) is 4.01. The minimum Gasteiger partial charge on any atom is -0.444 e. The fraction of sp³-hybridized carbons (Fsp3) is 0.409. The smallest absolute Gasteiger partial charge is 0.410 e. The molecule has 28 heavy (non-hydrogen) atoms. The van der Waals surface area contributed by atoms with E-state index >= 15 is 0 Å². The van der Waals surface area contributed by atoms with Crippen LogP contribution >= 0.6 is 0 Å². The summed E-state index contributed by atoms with van der Waals surface area (Å²) in [7, 11) is 0. The number of rotatable bonds is 2.